The van der Waals surface area contributed by atoms with Gasteiger partial charge in [0.25, 0.3) is 5.91 Å². The second-order valence-electron chi connectivity index (χ2n) is 4.61. The molecule has 10 heteroatoms. The number of carbonyl (C=O) groups excluding carboxylic acids is 1. The Labute approximate surface area is 126 Å². The smallest absolute Gasteiger partial charge is 0.357 e. The highest BCUT2D eigenvalue weighted by Crippen LogP contribution is 2.16. The first kappa shape index (κ1) is 15.9. The largest absolute Gasteiger partial charge is 0.488 e. The van der Waals surface area contributed by atoms with Gasteiger partial charge in [0.1, 0.15) is 0 Å². The Morgan fingerprint density at radius 3 is 2.73 bits per heavy atom. The summed E-state index contributed by atoms with van der Waals surface area (Å²) in [7, 11) is -5.17. The molecular formula is C12H13FN4O4S. The molecule has 22 heavy (non-hydrogen) atoms. The van der Waals surface area contributed by atoms with E-state index in [9.17, 15) is 17.1 Å². The van der Waals surface area contributed by atoms with Gasteiger partial charge < -0.3 is 9.50 Å². The lowest BCUT2D eigenvalue weighted by molar-refractivity contribution is 0.102. The Hall–Kier alpha value is -2.49. The molecule has 0 aromatic carbocycles. The number of halogens is 1. The van der Waals surface area contributed by atoms with Crippen molar-refractivity contribution in [3.63, 3.8) is 0 Å². The van der Waals surface area contributed by atoms with Crippen LogP contribution in [-0.4, -0.2) is 29.1 Å². The van der Waals surface area contributed by atoms with Gasteiger partial charge in [-0.05, 0) is 19.9 Å². The molecule has 8 nitrogen and oxygen atoms in total. The van der Waals surface area contributed by atoms with E-state index in [-0.39, 0.29) is 11.6 Å². The number of rotatable bonds is 5. The van der Waals surface area contributed by atoms with Crippen LogP contribution >= 0.6 is 0 Å². The highest BCUT2D eigenvalue weighted by Gasteiger charge is 2.14. The number of nitrogens with one attached hydrogen (secondary N) is 1. The van der Waals surface area contributed by atoms with Crippen LogP contribution in [0.4, 0.5) is 9.70 Å². The van der Waals surface area contributed by atoms with Gasteiger partial charge in [0.05, 0.1) is 11.8 Å². The van der Waals surface area contributed by atoms with Gasteiger partial charge in [0.2, 0.25) is 0 Å². The molecular weight excluding hydrogens is 315 g/mol. The van der Waals surface area contributed by atoms with Gasteiger partial charge in [0.15, 0.2) is 11.6 Å². The molecule has 0 radical (unpaired) electrons. The fraction of sp³-hybridized carbons (Fsp3) is 0.250. The average Bonchev–Trinajstić information content (AvgIpc) is 2.85. The fourth-order valence-electron chi connectivity index (χ4n) is 1.58. The molecule has 0 unspecified atom stereocenters. The maximum atomic E-state index is 12.4. The third-order valence-corrected chi connectivity index (χ3v) is 2.94. The third kappa shape index (κ3) is 4.25. The molecule has 0 aliphatic rings. The number of amides is 1. The molecule has 0 saturated carbocycles. The Balaban J connectivity index is 2.13. The van der Waals surface area contributed by atoms with Gasteiger partial charge in [-0.1, -0.05) is 3.89 Å². The second kappa shape index (κ2) is 6.10. The highest BCUT2D eigenvalue weighted by atomic mass is 32.3. The van der Waals surface area contributed by atoms with Gasteiger partial charge in [0, 0.05) is 24.5 Å². The van der Waals surface area contributed by atoms with Crippen molar-refractivity contribution in [2.24, 2.45) is 0 Å². The van der Waals surface area contributed by atoms with Gasteiger partial charge in [-0.15, -0.1) is 0 Å². The standard InChI is InChI=1S/C12H13FN4O4S/c1-8(2)17-4-3-11(16-17)15-12(18)9-5-10(7-14-6-9)21-22(13,19)20/h3-8H,1-2H3,(H,15,16,18). The summed E-state index contributed by atoms with van der Waals surface area (Å²) in [6.45, 7) is 3.86. The van der Waals surface area contributed by atoms with E-state index < -0.39 is 22.2 Å². The van der Waals surface area contributed by atoms with Crippen molar-refractivity contribution >= 4 is 22.2 Å². The number of anilines is 1. The lowest BCUT2D eigenvalue weighted by Gasteiger charge is -2.05. The first-order valence-electron chi connectivity index (χ1n) is 6.20. The molecule has 0 aliphatic heterocycles. The minimum atomic E-state index is -5.17. The molecule has 2 aromatic rings. The summed E-state index contributed by atoms with van der Waals surface area (Å²) in [5, 5.41) is 6.65. The van der Waals surface area contributed by atoms with Crippen molar-refractivity contribution in [2.45, 2.75) is 19.9 Å². The highest BCUT2D eigenvalue weighted by molar-refractivity contribution is 7.81. The number of hydrogen-bond acceptors (Lipinski definition) is 6. The number of nitrogens with zero attached hydrogens (tertiary/aromatic N) is 3. The van der Waals surface area contributed by atoms with Crippen LogP contribution in [0.25, 0.3) is 0 Å². The minimum Gasteiger partial charge on any atom is -0.357 e. The monoisotopic (exact) mass is 328 g/mol. The zero-order valence-electron chi connectivity index (χ0n) is 11.7. The predicted molar refractivity (Wildman–Crippen MR) is 75.5 cm³/mol. The Morgan fingerprint density at radius 1 is 1.41 bits per heavy atom. The third-order valence-electron chi connectivity index (χ3n) is 2.55. The molecule has 1 amide bonds. The molecule has 2 rings (SSSR count). The van der Waals surface area contributed by atoms with Crippen LogP contribution < -0.4 is 9.50 Å². The summed E-state index contributed by atoms with van der Waals surface area (Å²) >= 11 is 0. The minimum absolute atomic E-state index is 0.000229. The van der Waals surface area contributed by atoms with Crippen LogP contribution in [0.5, 0.6) is 5.75 Å². The molecule has 0 bridgehead atoms. The Bertz CT molecular complexity index is 788. The zero-order valence-corrected chi connectivity index (χ0v) is 12.5. The number of carbonyl (C=O) groups is 1. The van der Waals surface area contributed by atoms with E-state index in [0.717, 1.165) is 12.3 Å². The van der Waals surface area contributed by atoms with Crippen molar-refractivity contribution in [1.29, 1.82) is 0 Å². The predicted octanol–water partition coefficient (Wildman–Crippen LogP) is 1.70. The van der Waals surface area contributed by atoms with Crippen LogP contribution in [-0.2, 0) is 10.5 Å². The lowest BCUT2D eigenvalue weighted by atomic mass is 10.2. The van der Waals surface area contributed by atoms with Gasteiger partial charge in [-0.25, -0.2) is 0 Å². The molecule has 2 aromatic heterocycles. The van der Waals surface area contributed by atoms with E-state index >= 15 is 0 Å². The first-order chi connectivity index (χ1) is 10.2. The van der Waals surface area contributed by atoms with Crippen molar-refractivity contribution < 1.29 is 21.3 Å². The molecule has 0 atom stereocenters. The molecule has 0 saturated heterocycles. The maximum absolute atomic E-state index is 12.4. The first-order valence-corrected chi connectivity index (χ1v) is 7.51. The van der Waals surface area contributed by atoms with Crippen LogP contribution in [0.2, 0.25) is 0 Å². The van der Waals surface area contributed by atoms with E-state index in [1.54, 1.807) is 16.9 Å². The number of hydrogen-bond donors (Lipinski definition) is 1. The van der Waals surface area contributed by atoms with E-state index in [2.05, 4.69) is 19.6 Å². The van der Waals surface area contributed by atoms with Gasteiger partial charge >= 0.3 is 10.5 Å². The van der Waals surface area contributed by atoms with E-state index in [0.29, 0.717) is 5.82 Å². The number of pyridine rings is 1. The maximum Gasteiger partial charge on any atom is 0.488 e. The normalized spacial score (nSPS) is 11.5. The summed E-state index contributed by atoms with van der Waals surface area (Å²) in [6, 6.07) is 2.80. The van der Waals surface area contributed by atoms with Gasteiger partial charge in [-0.2, -0.15) is 13.5 Å². The van der Waals surface area contributed by atoms with Gasteiger partial charge in [-0.3, -0.25) is 14.5 Å². The van der Waals surface area contributed by atoms with Crippen molar-refractivity contribution in [3.05, 3.63) is 36.3 Å². The van der Waals surface area contributed by atoms with Crippen molar-refractivity contribution in [2.75, 3.05) is 5.32 Å². The summed E-state index contributed by atoms with van der Waals surface area (Å²) < 4.78 is 38.9. The Kier molecular flexibility index (Phi) is 4.40. The van der Waals surface area contributed by atoms with E-state index in [1.807, 2.05) is 13.8 Å². The van der Waals surface area contributed by atoms with Crippen molar-refractivity contribution in [3.8, 4) is 5.75 Å². The quantitative estimate of drug-likeness (QED) is 0.838. The van der Waals surface area contributed by atoms with Crippen LogP contribution in [0.1, 0.15) is 30.2 Å². The summed E-state index contributed by atoms with van der Waals surface area (Å²) in [5.74, 6) is -0.658. The molecule has 0 fully saturated rings. The molecule has 0 aliphatic carbocycles. The second-order valence-corrected chi connectivity index (χ2v) is 5.57. The van der Waals surface area contributed by atoms with E-state index in [1.165, 1.54) is 6.20 Å². The van der Waals surface area contributed by atoms with Crippen LogP contribution in [0, 0.1) is 0 Å². The molecule has 0 spiro atoms. The van der Waals surface area contributed by atoms with Crippen molar-refractivity contribution in [1.82, 2.24) is 14.8 Å². The Morgan fingerprint density at radius 2 is 2.14 bits per heavy atom. The molecule has 1 N–H and O–H groups in total. The lowest BCUT2D eigenvalue weighted by Crippen LogP contribution is -2.14. The molecule has 2 heterocycles. The average molecular weight is 328 g/mol. The summed E-state index contributed by atoms with van der Waals surface area (Å²) in [5.41, 5.74) is 0.000229. The number of aromatic nitrogens is 3. The topological polar surface area (TPSA) is 103 Å². The summed E-state index contributed by atoms with van der Waals surface area (Å²) in [6.07, 6.45) is 3.86. The van der Waals surface area contributed by atoms with Crippen LogP contribution in [0.15, 0.2) is 30.7 Å². The fourth-order valence-corrected chi connectivity index (χ4v) is 1.91. The van der Waals surface area contributed by atoms with Crippen LogP contribution in [0.3, 0.4) is 0 Å². The zero-order chi connectivity index (χ0) is 16.3. The van der Waals surface area contributed by atoms with E-state index in [4.69, 9.17) is 0 Å². The molecule has 118 valence electrons. The SMILES string of the molecule is CC(C)n1ccc(NC(=O)c2cncc(OS(=O)(=O)F)c2)n1. The summed E-state index contributed by atoms with van der Waals surface area (Å²) in [4.78, 5) is 15.6.